The van der Waals surface area contributed by atoms with Crippen LogP contribution in [0.4, 0.5) is 0 Å². The van der Waals surface area contributed by atoms with E-state index in [2.05, 4.69) is 15.9 Å². The molecule has 0 amide bonds. The molecule has 0 aromatic heterocycles. The molecule has 15 heavy (non-hydrogen) atoms. The standard InChI is InChI=1S/C11H12BrClO2/c1-3-15-10-5-4-8(6-9(10)13)11(12)7(2)14/h4-6,11H,3H2,1-2H3. The summed E-state index contributed by atoms with van der Waals surface area (Å²) in [6.07, 6.45) is 0. The Hall–Kier alpha value is -0.540. The molecule has 0 radical (unpaired) electrons. The van der Waals surface area contributed by atoms with Crippen molar-refractivity contribution in [3.63, 3.8) is 0 Å². The van der Waals surface area contributed by atoms with Crippen LogP contribution in [0.2, 0.25) is 5.02 Å². The quantitative estimate of drug-likeness (QED) is 0.790. The van der Waals surface area contributed by atoms with Crippen molar-refractivity contribution in [3.05, 3.63) is 28.8 Å². The highest BCUT2D eigenvalue weighted by molar-refractivity contribution is 9.09. The molecule has 0 saturated carbocycles. The summed E-state index contributed by atoms with van der Waals surface area (Å²) in [5.74, 6) is 0.696. The van der Waals surface area contributed by atoms with E-state index in [1.165, 1.54) is 6.92 Å². The van der Waals surface area contributed by atoms with E-state index in [0.717, 1.165) is 5.56 Å². The van der Waals surface area contributed by atoms with Crippen molar-refractivity contribution in [2.45, 2.75) is 18.7 Å². The Kier molecular flexibility index (Phi) is 4.61. The second kappa shape index (κ2) is 5.52. The molecule has 0 bridgehead atoms. The molecule has 4 heteroatoms. The molecule has 0 fully saturated rings. The van der Waals surface area contributed by atoms with Crippen LogP contribution in [0.3, 0.4) is 0 Å². The van der Waals surface area contributed by atoms with Crippen molar-refractivity contribution in [2.24, 2.45) is 0 Å². The van der Waals surface area contributed by atoms with E-state index in [1.54, 1.807) is 12.1 Å². The molecule has 1 unspecified atom stereocenters. The number of carbonyl (C=O) groups excluding carboxylic acids is 1. The average Bonchev–Trinajstić information content (AvgIpc) is 2.20. The molecule has 2 nitrogen and oxygen atoms in total. The first-order chi connectivity index (χ1) is 7.06. The summed E-state index contributed by atoms with van der Waals surface area (Å²) in [5.41, 5.74) is 0.843. The molecule has 0 aliphatic rings. The third-order valence-corrected chi connectivity index (χ3v) is 3.37. The summed E-state index contributed by atoms with van der Waals surface area (Å²) >= 11 is 9.30. The monoisotopic (exact) mass is 290 g/mol. The van der Waals surface area contributed by atoms with E-state index >= 15 is 0 Å². The van der Waals surface area contributed by atoms with E-state index in [1.807, 2.05) is 13.0 Å². The van der Waals surface area contributed by atoms with Gasteiger partial charge in [-0.25, -0.2) is 0 Å². The van der Waals surface area contributed by atoms with Crippen LogP contribution in [0.25, 0.3) is 0 Å². The number of hydrogen-bond donors (Lipinski definition) is 0. The van der Waals surface area contributed by atoms with E-state index in [4.69, 9.17) is 16.3 Å². The average molecular weight is 292 g/mol. The fraction of sp³-hybridized carbons (Fsp3) is 0.364. The molecular formula is C11H12BrClO2. The molecule has 0 heterocycles. The van der Waals surface area contributed by atoms with Crippen molar-refractivity contribution in [1.29, 1.82) is 0 Å². The fourth-order valence-corrected chi connectivity index (χ4v) is 1.71. The molecule has 1 aromatic rings. The van der Waals surface area contributed by atoms with Crippen LogP contribution in [0.5, 0.6) is 5.75 Å². The molecular weight excluding hydrogens is 279 g/mol. The summed E-state index contributed by atoms with van der Waals surface area (Å²) in [7, 11) is 0. The highest BCUT2D eigenvalue weighted by Crippen LogP contribution is 2.31. The van der Waals surface area contributed by atoms with Crippen LogP contribution in [-0.4, -0.2) is 12.4 Å². The zero-order valence-corrected chi connectivity index (χ0v) is 10.9. The second-order valence-electron chi connectivity index (χ2n) is 3.10. The maximum absolute atomic E-state index is 11.1. The Labute approximate surface area is 103 Å². The van der Waals surface area contributed by atoms with Crippen LogP contribution < -0.4 is 4.74 Å². The zero-order chi connectivity index (χ0) is 11.4. The van der Waals surface area contributed by atoms with Gasteiger partial charge in [0.25, 0.3) is 0 Å². The zero-order valence-electron chi connectivity index (χ0n) is 8.59. The summed E-state index contributed by atoms with van der Waals surface area (Å²) in [6.45, 7) is 4.00. The maximum atomic E-state index is 11.1. The van der Waals surface area contributed by atoms with E-state index < -0.39 is 0 Å². The Morgan fingerprint density at radius 1 is 1.60 bits per heavy atom. The molecule has 82 valence electrons. The number of ether oxygens (including phenoxy) is 1. The van der Waals surface area contributed by atoms with Gasteiger partial charge in [0, 0.05) is 0 Å². The van der Waals surface area contributed by atoms with Crippen molar-refractivity contribution >= 4 is 33.3 Å². The highest BCUT2D eigenvalue weighted by atomic mass is 79.9. The van der Waals surface area contributed by atoms with Gasteiger partial charge in [0.15, 0.2) is 0 Å². The minimum atomic E-state index is -0.300. The lowest BCUT2D eigenvalue weighted by molar-refractivity contribution is -0.116. The van der Waals surface area contributed by atoms with Gasteiger partial charge in [0.05, 0.1) is 16.5 Å². The third-order valence-electron chi connectivity index (χ3n) is 1.91. The Morgan fingerprint density at radius 3 is 2.73 bits per heavy atom. The van der Waals surface area contributed by atoms with Gasteiger partial charge < -0.3 is 4.74 Å². The normalized spacial score (nSPS) is 12.3. The van der Waals surface area contributed by atoms with Gasteiger partial charge in [0.1, 0.15) is 11.5 Å². The summed E-state index contributed by atoms with van der Waals surface area (Å²) < 4.78 is 5.30. The smallest absolute Gasteiger partial charge is 0.147 e. The lowest BCUT2D eigenvalue weighted by Gasteiger charge is -2.10. The Balaban J connectivity index is 2.95. The topological polar surface area (TPSA) is 26.3 Å². The van der Waals surface area contributed by atoms with Gasteiger partial charge in [-0.3, -0.25) is 4.79 Å². The predicted molar refractivity (Wildman–Crippen MR) is 65.0 cm³/mol. The Bertz CT molecular complexity index is 366. The third kappa shape index (κ3) is 3.21. The number of halogens is 2. The number of carbonyl (C=O) groups is 1. The van der Waals surface area contributed by atoms with Gasteiger partial charge >= 0.3 is 0 Å². The summed E-state index contributed by atoms with van der Waals surface area (Å²) in [6, 6.07) is 5.35. The highest BCUT2D eigenvalue weighted by Gasteiger charge is 2.14. The van der Waals surface area contributed by atoms with E-state index in [9.17, 15) is 4.79 Å². The van der Waals surface area contributed by atoms with Crippen LogP contribution in [0.15, 0.2) is 18.2 Å². The molecule has 0 saturated heterocycles. The lowest BCUT2D eigenvalue weighted by Crippen LogP contribution is -2.01. The molecule has 0 aliphatic heterocycles. The largest absolute Gasteiger partial charge is 0.492 e. The molecule has 0 aliphatic carbocycles. The summed E-state index contributed by atoms with van der Waals surface area (Å²) in [4.78, 5) is 10.8. The number of rotatable bonds is 4. The van der Waals surface area contributed by atoms with E-state index in [-0.39, 0.29) is 10.6 Å². The molecule has 0 N–H and O–H groups in total. The van der Waals surface area contributed by atoms with Gasteiger partial charge in [-0.2, -0.15) is 0 Å². The second-order valence-corrected chi connectivity index (χ2v) is 4.42. The van der Waals surface area contributed by atoms with Crippen molar-refractivity contribution in [2.75, 3.05) is 6.61 Å². The van der Waals surface area contributed by atoms with Gasteiger partial charge in [0.2, 0.25) is 0 Å². The van der Waals surface area contributed by atoms with Crippen LogP contribution in [0.1, 0.15) is 24.2 Å². The minimum Gasteiger partial charge on any atom is -0.492 e. The summed E-state index contributed by atoms with van der Waals surface area (Å²) in [5, 5.41) is 0.528. The first kappa shape index (κ1) is 12.5. The molecule has 1 rings (SSSR count). The van der Waals surface area contributed by atoms with Gasteiger partial charge in [-0.15, -0.1) is 0 Å². The SMILES string of the molecule is CCOc1ccc(C(Br)C(C)=O)cc1Cl. The fourth-order valence-electron chi connectivity index (χ4n) is 1.18. The van der Waals surface area contributed by atoms with Gasteiger partial charge in [-0.1, -0.05) is 33.6 Å². The molecule has 0 spiro atoms. The first-order valence-electron chi connectivity index (χ1n) is 4.63. The van der Waals surface area contributed by atoms with Crippen LogP contribution >= 0.6 is 27.5 Å². The van der Waals surface area contributed by atoms with Crippen molar-refractivity contribution < 1.29 is 9.53 Å². The number of benzene rings is 1. The lowest BCUT2D eigenvalue weighted by atomic mass is 10.1. The number of Topliss-reactive ketones (excluding diaryl/α,β-unsaturated/α-hetero) is 1. The van der Waals surface area contributed by atoms with Crippen molar-refractivity contribution in [1.82, 2.24) is 0 Å². The van der Waals surface area contributed by atoms with Gasteiger partial charge in [-0.05, 0) is 31.5 Å². The molecule has 1 aromatic carbocycles. The number of ketones is 1. The predicted octanol–water partition coefficient (Wildman–Crippen LogP) is 3.76. The van der Waals surface area contributed by atoms with Crippen LogP contribution in [-0.2, 0) is 4.79 Å². The first-order valence-corrected chi connectivity index (χ1v) is 5.92. The molecule has 1 atom stereocenters. The maximum Gasteiger partial charge on any atom is 0.147 e. The Morgan fingerprint density at radius 2 is 2.27 bits per heavy atom. The van der Waals surface area contributed by atoms with Crippen molar-refractivity contribution in [3.8, 4) is 5.75 Å². The van der Waals surface area contributed by atoms with Crippen LogP contribution in [0, 0.1) is 0 Å². The van der Waals surface area contributed by atoms with E-state index in [0.29, 0.717) is 17.4 Å². The number of alkyl halides is 1. The number of hydrogen-bond acceptors (Lipinski definition) is 2. The minimum absolute atomic E-state index is 0.0511.